The normalized spacial score (nSPS) is 28.4. The number of hydrogen-bond acceptors (Lipinski definition) is 5. The molecule has 154 valence electrons. The van der Waals surface area contributed by atoms with Crippen LogP contribution in [0.1, 0.15) is 25.8 Å². The number of urea groups is 1. The highest BCUT2D eigenvalue weighted by molar-refractivity contribution is 5.90. The molecule has 3 N–H and O–H groups in total. The fourth-order valence-electron chi connectivity index (χ4n) is 4.66. The minimum absolute atomic E-state index is 0.0160. The summed E-state index contributed by atoms with van der Waals surface area (Å²) in [5.74, 6) is 1.00. The van der Waals surface area contributed by atoms with E-state index >= 15 is 0 Å². The summed E-state index contributed by atoms with van der Waals surface area (Å²) in [5, 5.41) is 3.18. The van der Waals surface area contributed by atoms with E-state index in [9.17, 15) is 4.79 Å². The highest BCUT2D eigenvalue weighted by Crippen LogP contribution is 2.28. The maximum absolute atomic E-state index is 13.0. The van der Waals surface area contributed by atoms with Crippen LogP contribution in [0.5, 0.6) is 0 Å². The number of nitrogens with zero attached hydrogens (tertiary/aromatic N) is 2. The number of carbonyl (C=O) groups excluding carboxylic acids is 1. The van der Waals surface area contributed by atoms with Gasteiger partial charge in [0, 0.05) is 56.4 Å². The van der Waals surface area contributed by atoms with Crippen molar-refractivity contribution >= 4 is 11.7 Å². The van der Waals surface area contributed by atoms with Gasteiger partial charge in [0.1, 0.15) is 0 Å². The van der Waals surface area contributed by atoms with E-state index < -0.39 is 0 Å². The lowest BCUT2D eigenvalue weighted by Crippen LogP contribution is -2.50. The van der Waals surface area contributed by atoms with Crippen molar-refractivity contribution in [3.05, 3.63) is 29.8 Å². The summed E-state index contributed by atoms with van der Waals surface area (Å²) in [6, 6.07) is 9.04. The van der Waals surface area contributed by atoms with Gasteiger partial charge in [-0.3, -0.25) is 15.8 Å². The Morgan fingerprint density at radius 1 is 1.21 bits per heavy atom. The Morgan fingerprint density at radius 3 is 2.79 bits per heavy atom. The first-order chi connectivity index (χ1) is 13.6. The van der Waals surface area contributed by atoms with Gasteiger partial charge in [0.15, 0.2) is 0 Å². The Kier molecular flexibility index (Phi) is 6.16. The number of hydrazine groups is 1. The average molecular weight is 388 g/mol. The first-order valence-corrected chi connectivity index (χ1v) is 10.6. The molecule has 3 atom stereocenters. The lowest BCUT2D eigenvalue weighted by Gasteiger charge is -2.37. The number of benzene rings is 1. The van der Waals surface area contributed by atoms with E-state index in [0.717, 1.165) is 63.6 Å². The lowest BCUT2D eigenvalue weighted by molar-refractivity contribution is 0.0342. The second-order valence-electron chi connectivity index (χ2n) is 8.54. The van der Waals surface area contributed by atoms with Gasteiger partial charge in [-0.15, -0.1) is 0 Å². The van der Waals surface area contributed by atoms with Gasteiger partial charge in [0.05, 0.1) is 13.2 Å². The number of piperidine rings is 1. The van der Waals surface area contributed by atoms with Crippen LogP contribution < -0.4 is 16.2 Å². The molecule has 0 radical (unpaired) electrons. The van der Waals surface area contributed by atoms with E-state index in [1.807, 2.05) is 23.1 Å². The molecule has 0 spiro atoms. The molecule has 3 saturated heterocycles. The molecule has 3 fully saturated rings. The molecule has 0 saturated carbocycles. The third kappa shape index (κ3) is 4.33. The molecule has 7 nitrogen and oxygen atoms in total. The minimum atomic E-state index is 0.0160. The van der Waals surface area contributed by atoms with Gasteiger partial charge in [-0.1, -0.05) is 32.0 Å². The van der Waals surface area contributed by atoms with E-state index in [4.69, 9.17) is 4.74 Å². The molecule has 0 aromatic heterocycles. The average Bonchev–Trinajstić information content (AvgIpc) is 3.14. The summed E-state index contributed by atoms with van der Waals surface area (Å²) in [5.41, 5.74) is 8.95. The van der Waals surface area contributed by atoms with E-state index in [1.165, 1.54) is 0 Å². The van der Waals surface area contributed by atoms with Crippen LogP contribution in [-0.2, 0) is 11.3 Å². The minimum Gasteiger partial charge on any atom is -0.379 e. The summed E-state index contributed by atoms with van der Waals surface area (Å²) in [6.45, 7) is 10.3. The van der Waals surface area contributed by atoms with Gasteiger partial charge in [-0.2, -0.15) is 0 Å². The number of para-hydroxylation sites is 1. The molecule has 7 heteroatoms. The van der Waals surface area contributed by atoms with Gasteiger partial charge >= 0.3 is 6.03 Å². The smallest absolute Gasteiger partial charge is 0.321 e. The van der Waals surface area contributed by atoms with Gasteiger partial charge in [-0.25, -0.2) is 4.79 Å². The van der Waals surface area contributed by atoms with Crippen molar-refractivity contribution in [1.82, 2.24) is 20.7 Å². The number of carbonyl (C=O) groups is 1. The molecule has 0 aliphatic carbocycles. The summed E-state index contributed by atoms with van der Waals surface area (Å²) in [7, 11) is 0. The van der Waals surface area contributed by atoms with Crippen LogP contribution in [0.15, 0.2) is 24.3 Å². The molecule has 3 unspecified atom stereocenters. The number of fused-ring (bicyclic) bond motifs is 1. The van der Waals surface area contributed by atoms with Crippen LogP contribution >= 0.6 is 0 Å². The Balaban J connectivity index is 1.40. The Hall–Kier alpha value is -1.67. The summed E-state index contributed by atoms with van der Waals surface area (Å²) in [6.07, 6.45) is 0.990. The Labute approximate surface area is 167 Å². The molecule has 2 amide bonds. The van der Waals surface area contributed by atoms with Gasteiger partial charge < -0.3 is 15.0 Å². The number of likely N-dealkylation sites (tertiary alicyclic amines) is 1. The number of hydrogen-bond donors (Lipinski definition) is 3. The van der Waals surface area contributed by atoms with Crippen LogP contribution in [0.2, 0.25) is 0 Å². The first-order valence-electron chi connectivity index (χ1n) is 10.6. The van der Waals surface area contributed by atoms with Crippen LogP contribution in [0.3, 0.4) is 0 Å². The fraction of sp³-hybridized carbons (Fsp3) is 0.667. The third-order valence-electron chi connectivity index (χ3n) is 6.32. The predicted octanol–water partition coefficient (Wildman–Crippen LogP) is 1.87. The van der Waals surface area contributed by atoms with Gasteiger partial charge in [0.25, 0.3) is 0 Å². The third-order valence-corrected chi connectivity index (χ3v) is 6.32. The van der Waals surface area contributed by atoms with Crippen molar-refractivity contribution in [1.29, 1.82) is 0 Å². The molecule has 3 aliphatic heterocycles. The number of morpholine rings is 1. The zero-order valence-electron chi connectivity index (χ0n) is 17.0. The second-order valence-corrected chi connectivity index (χ2v) is 8.54. The quantitative estimate of drug-likeness (QED) is 0.736. The van der Waals surface area contributed by atoms with E-state index in [0.29, 0.717) is 23.9 Å². The van der Waals surface area contributed by atoms with Crippen molar-refractivity contribution in [3.63, 3.8) is 0 Å². The highest BCUT2D eigenvalue weighted by atomic mass is 16.5. The lowest BCUT2D eigenvalue weighted by atomic mass is 9.83. The molecule has 28 heavy (non-hydrogen) atoms. The SMILES string of the molecule is CC(C)C1NNC2CCN(C(=O)Nc3ccccc3CN3CCOCC3)CC21. The molecular weight excluding hydrogens is 354 g/mol. The monoisotopic (exact) mass is 387 g/mol. The molecule has 3 heterocycles. The van der Waals surface area contributed by atoms with Crippen molar-refractivity contribution in [2.75, 3.05) is 44.7 Å². The first kappa shape index (κ1) is 19.6. The van der Waals surface area contributed by atoms with Gasteiger partial charge in [0.2, 0.25) is 0 Å². The number of nitrogens with one attached hydrogen (secondary N) is 3. The van der Waals surface area contributed by atoms with Gasteiger partial charge in [-0.05, 0) is 24.0 Å². The van der Waals surface area contributed by atoms with Crippen LogP contribution in [0.4, 0.5) is 10.5 Å². The van der Waals surface area contributed by atoms with E-state index in [-0.39, 0.29) is 6.03 Å². The van der Waals surface area contributed by atoms with Crippen LogP contribution in [0.25, 0.3) is 0 Å². The maximum Gasteiger partial charge on any atom is 0.321 e. The molecule has 4 rings (SSSR count). The topological polar surface area (TPSA) is 68.9 Å². The Morgan fingerprint density at radius 2 is 2.00 bits per heavy atom. The maximum atomic E-state index is 13.0. The summed E-state index contributed by atoms with van der Waals surface area (Å²) >= 11 is 0. The largest absolute Gasteiger partial charge is 0.379 e. The molecule has 3 aliphatic rings. The van der Waals surface area contributed by atoms with Crippen molar-refractivity contribution in [3.8, 4) is 0 Å². The number of rotatable bonds is 4. The highest BCUT2D eigenvalue weighted by Gasteiger charge is 2.42. The predicted molar refractivity (Wildman–Crippen MR) is 110 cm³/mol. The summed E-state index contributed by atoms with van der Waals surface area (Å²) in [4.78, 5) is 17.4. The van der Waals surface area contributed by atoms with Crippen molar-refractivity contribution in [2.24, 2.45) is 11.8 Å². The molecule has 1 aromatic carbocycles. The van der Waals surface area contributed by atoms with Crippen molar-refractivity contribution in [2.45, 2.75) is 38.9 Å². The van der Waals surface area contributed by atoms with Crippen molar-refractivity contribution < 1.29 is 9.53 Å². The Bertz CT molecular complexity index is 677. The molecule has 0 bridgehead atoms. The van der Waals surface area contributed by atoms with Crippen LogP contribution in [-0.4, -0.2) is 67.3 Å². The van der Waals surface area contributed by atoms with E-state index in [1.54, 1.807) is 0 Å². The zero-order valence-corrected chi connectivity index (χ0v) is 17.0. The zero-order chi connectivity index (χ0) is 19.5. The van der Waals surface area contributed by atoms with E-state index in [2.05, 4.69) is 41.0 Å². The fourth-order valence-corrected chi connectivity index (χ4v) is 4.66. The number of anilines is 1. The summed E-state index contributed by atoms with van der Waals surface area (Å²) < 4.78 is 5.44. The second kappa shape index (κ2) is 8.78. The number of ether oxygens (including phenoxy) is 1. The number of amides is 2. The standard InChI is InChI=1S/C21H33N5O2/c1-15(2)20-17-14-26(8-7-19(17)23-24-20)21(27)22-18-6-4-3-5-16(18)13-25-9-11-28-12-10-25/h3-6,15,17,19-20,23-24H,7-14H2,1-2H3,(H,22,27). The molecule has 1 aromatic rings. The van der Waals surface area contributed by atoms with Crippen LogP contribution in [0, 0.1) is 11.8 Å². The molecular formula is C21H33N5O2.